The fourth-order valence-electron chi connectivity index (χ4n) is 2.63. The van der Waals surface area contributed by atoms with E-state index in [0.717, 1.165) is 25.0 Å². The van der Waals surface area contributed by atoms with Crippen LogP contribution in [-0.2, 0) is 4.74 Å². The molecule has 1 heterocycles. The summed E-state index contributed by atoms with van der Waals surface area (Å²) in [7, 11) is 0. The van der Waals surface area contributed by atoms with Crippen molar-refractivity contribution in [1.82, 2.24) is 5.32 Å². The quantitative estimate of drug-likeness (QED) is 0.666. The van der Waals surface area contributed by atoms with Gasteiger partial charge in [-0.1, -0.05) is 27.2 Å². The first-order valence-electron chi connectivity index (χ1n) is 7.54. The fourth-order valence-corrected chi connectivity index (χ4v) is 2.63. The van der Waals surface area contributed by atoms with Gasteiger partial charge < -0.3 is 10.1 Å². The second-order valence-electron chi connectivity index (χ2n) is 5.92. The van der Waals surface area contributed by atoms with Crippen LogP contribution in [0, 0.1) is 11.8 Å². The Bertz CT molecular complexity index is 176. The molecule has 0 spiro atoms. The molecular formula is C15H31NO. The molecule has 1 aliphatic heterocycles. The van der Waals surface area contributed by atoms with Crippen LogP contribution in [-0.4, -0.2) is 25.8 Å². The van der Waals surface area contributed by atoms with Crippen molar-refractivity contribution in [2.45, 2.75) is 65.4 Å². The van der Waals surface area contributed by atoms with Crippen LogP contribution in [0.2, 0.25) is 0 Å². The molecule has 2 atom stereocenters. The molecule has 0 amide bonds. The molecule has 17 heavy (non-hydrogen) atoms. The van der Waals surface area contributed by atoms with E-state index in [9.17, 15) is 0 Å². The number of ether oxygens (including phenoxy) is 1. The number of hydrogen-bond acceptors (Lipinski definition) is 2. The van der Waals surface area contributed by atoms with E-state index < -0.39 is 0 Å². The van der Waals surface area contributed by atoms with E-state index in [1.807, 2.05) is 0 Å². The summed E-state index contributed by atoms with van der Waals surface area (Å²) in [5.41, 5.74) is 0. The molecule has 0 bridgehead atoms. The Balaban J connectivity index is 2.12. The summed E-state index contributed by atoms with van der Waals surface area (Å²) in [6.07, 6.45) is 8.40. The molecule has 102 valence electrons. The van der Waals surface area contributed by atoms with Gasteiger partial charge in [-0.2, -0.15) is 0 Å². The van der Waals surface area contributed by atoms with Crippen molar-refractivity contribution in [3.05, 3.63) is 0 Å². The highest BCUT2D eigenvalue weighted by Crippen LogP contribution is 2.21. The summed E-state index contributed by atoms with van der Waals surface area (Å²) in [6.45, 7) is 10.2. The van der Waals surface area contributed by atoms with Crippen molar-refractivity contribution in [2.24, 2.45) is 11.8 Å². The Hall–Kier alpha value is -0.0800. The highest BCUT2D eigenvalue weighted by Gasteiger charge is 2.17. The Kier molecular flexibility index (Phi) is 7.87. The van der Waals surface area contributed by atoms with Gasteiger partial charge in [-0.15, -0.1) is 0 Å². The second-order valence-corrected chi connectivity index (χ2v) is 5.92. The maximum atomic E-state index is 5.70. The van der Waals surface area contributed by atoms with E-state index >= 15 is 0 Å². The van der Waals surface area contributed by atoms with Gasteiger partial charge in [0.15, 0.2) is 0 Å². The lowest BCUT2D eigenvalue weighted by molar-refractivity contribution is 0.0974. The molecule has 1 fully saturated rings. The van der Waals surface area contributed by atoms with Crippen molar-refractivity contribution in [3.8, 4) is 0 Å². The van der Waals surface area contributed by atoms with Crippen molar-refractivity contribution in [2.75, 3.05) is 19.7 Å². The topological polar surface area (TPSA) is 21.3 Å². The molecule has 2 nitrogen and oxygen atoms in total. The molecule has 2 heteroatoms. The first-order valence-corrected chi connectivity index (χ1v) is 7.54. The highest BCUT2D eigenvalue weighted by molar-refractivity contribution is 4.69. The van der Waals surface area contributed by atoms with E-state index in [2.05, 4.69) is 26.1 Å². The summed E-state index contributed by atoms with van der Waals surface area (Å²) >= 11 is 0. The third kappa shape index (κ3) is 7.05. The molecule has 0 aromatic rings. The normalized spacial score (nSPS) is 22.2. The van der Waals surface area contributed by atoms with Gasteiger partial charge in [0.25, 0.3) is 0 Å². The Labute approximate surface area is 108 Å². The minimum absolute atomic E-state index is 0.569. The highest BCUT2D eigenvalue weighted by atomic mass is 16.5. The van der Waals surface area contributed by atoms with Crippen molar-refractivity contribution in [3.63, 3.8) is 0 Å². The van der Waals surface area contributed by atoms with E-state index in [1.165, 1.54) is 45.1 Å². The van der Waals surface area contributed by atoms with E-state index in [1.54, 1.807) is 0 Å². The number of nitrogens with one attached hydrogen (secondary N) is 1. The molecule has 0 aromatic heterocycles. The Morgan fingerprint density at radius 1 is 1.24 bits per heavy atom. The lowest BCUT2D eigenvalue weighted by Gasteiger charge is -2.19. The largest absolute Gasteiger partial charge is 0.378 e. The van der Waals surface area contributed by atoms with Gasteiger partial charge in [0.1, 0.15) is 0 Å². The molecule has 0 saturated carbocycles. The number of hydrogen-bond donors (Lipinski definition) is 1. The third-order valence-electron chi connectivity index (χ3n) is 3.60. The Morgan fingerprint density at radius 2 is 2.06 bits per heavy atom. The summed E-state index contributed by atoms with van der Waals surface area (Å²) in [5, 5.41) is 3.60. The fraction of sp³-hybridized carbons (Fsp3) is 1.00. The zero-order valence-corrected chi connectivity index (χ0v) is 12.0. The first kappa shape index (κ1) is 15.0. The average molecular weight is 241 g/mol. The smallest absolute Gasteiger partial charge is 0.0576 e. The molecule has 0 aliphatic carbocycles. The van der Waals surface area contributed by atoms with Gasteiger partial charge >= 0.3 is 0 Å². The lowest BCUT2D eigenvalue weighted by atomic mass is 9.95. The predicted octanol–water partition coefficient (Wildman–Crippen LogP) is 3.61. The standard InChI is InChI=1S/C15H31NO/c1-4-6-14(12-16-11-13(2)3)8-9-15-7-5-10-17-15/h13-16H,4-12H2,1-3H3. The van der Waals surface area contributed by atoms with Gasteiger partial charge in [0.05, 0.1) is 6.10 Å². The van der Waals surface area contributed by atoms with E-state index in [-0.39, 0.29) is 0 Å². The van der Waals surface area contributed by atoms with Crippen LogP contribution < -0.4 is 5.32 Å². The van der Waals surface area contributed by atoms with Gasteiger partial charge in [-0.25, -0.2) is 0 Å². The second kappa shape index (κ2) is 8.93. The summed E-state index contributed by atoms with van der Waals surface area (Å²) in [5.74, 6) is 1.61. The summed E-state index contributed by atoms with van der Waals surface area (Å²) in [4.78, 5) is 0. The van der Waals surface area contributed by atoms with Gasteiger partial charge in [-0.3, -0.25) is 0 Å². The third-order valence-corrected chi connectivity index (χ3v) is 3.60. The minimum atomic E-state index is 0.569. The SMILES string of the molecule is CCCC(CCC1CCCO1)CNCC(C)C. The molecule has 1 rings (SSSR count). The van der Waals surface area contributed by atoms with Crippen LogP contribution in [0.25, 0.3) is 0 Å². The van der Waals surface area contributed by atoms with Crippen LogP contribution in [0.5, 0.6) is 0 Å². The molecule has 2 unspecified atom stereocenters. The summed E-state index contributed by atoms with van der Waals surface area (Å²) < 4.78 is 5.70. The van der Waals surface area contributed by atoms with Crippen molar-refractivity contribution < 1.29 is 4.74 Å². The van der Waals surface area contributed by atoms with Crippen LogP contribution in [0.4, 0.5) is 0 Å². The minimum Gasteiger partial charge on any atom is -0.378 e. The van der Waals surface area contributed by atoms with Crippen LogP contribution >= 0.6 is 0 Å². The van der Waals surface area contributed by atoms with Crippen LogP contribution in [0.15, 0.2) is 0 Å². The average Bonchev–Trinajstić information content (AvgIpc) is 2.78. The molecule has 1 saturated heterocycles. The van der Waals surface area contributed by atoms with Crippen LogP contribution in [0.3, 0.4) is 0 Å². The zero-order chi connectivity index (χ0) is 12.5. The Morgan fingerprint density at radius 3 is 2.65 bits per heavy atom. The molecular weight excluding hydrogens is 210 g/mol. The predicted molar refractivity (Wildman–Crippen MR) is 74.3 cm³/mol. The molecule has 0 radical (unpaired) electrons. The van der Waals surface area contributed by atoms with Gasteiger partial charge in [0.2, 0.25) is 0 Å². The first-order chi connectivity index (χ1) is 8.22. The molecule has 1 N–H and O–H groups in total. The van der Waals surface area contributed by atoms with Crippen molar-refractivity contribution in [1.29, 1.82) is 0 Å². The maximum Gasteiger partial charge on any atom is 0.0576 e. The number of rotatable bonds is 9. The summed E-state index contributed by atoms with van der Waals surface area (Å²) in [6, 6.07) is 0. The van der Waals surface area contributed by atoms with Crippen molar-refractivity contribution >= 4 is 0 Å². The van der Waals surface area contributed by atoms with Crippen LogP contribution in [0.1, 0.15) is 59.3 Å². The van der Waals surface area contributed by atoms with Gasteiger partial charge in [0, 0.05) is 6.61 Å². The lowest BCUT2D eigenvalue weighted by Crippen LogP contribution is -2.27. The van der Waals surface area contributed by atoms with E-state index in [4.69, 9.17) is 4.74 Å². The maximum absolute atomic E-state index is 5.70. The zero-order valence-electron chi connectivity index (χ0n) is 12.0. The molecule has 1 aliphatic rings. The molecule has 0 aromatic carbocycles. The van der Waals surface area contributed by atoms with E-state index in [0.29, 0.717) is 6.10 Å². The van der Waals surface area contributed by atoms with Gasteiger partial charge in [-0.05, 0) is 57.0 Å². The monoisotopic (exact) mass is 241 g/mol.